The first-order valence-electron chi connectivity index (χ1n) is 7.47. The van der Waals surface area contributed by atoms with Crippen molar-refractivity contribution in [1.29, 1.82) is 0 Å². The predicted molar refractivity (Wildman–Crippen MR) is 92.0 cm³/mol. The molecule has 0 saturated carbocycles. The third kappa shape index (κ3) is 5.28. The molecule has 0 aliphatic heterocycles. The van der Waals surface area contributed by atoms with Crippen LogP contribution in [0, 0.1) is 0 Å². The molecule has 24 heavy (non-hydrogen) atoms. The van der Waals surface area contributed by atoms with Crippen LogP contribution < -0.4 is 10.1 Å². The summed E-state index contributed by atoms with van der Waals surface area (Å²) in [5.41, 5.74) is 2.26. The summed E-state index contributed by atoms with van der Waals surface area (Å²) < 4.78 is 10.3. The van der Waals surface area contributed by atoms with Gasteiger partial charge in [0.05, 0.1) is 7.11 Å². The summed E-state index contributed by atoms with van der Waals surface area (Å²) in [6.07, 6.45) is 3.83. The van der Waals surface area contributed by atoms with E-state index in [1.807, 2.05) is 30.3 Å². The first-order chi connectivity index (χ1) is 11.7. The third-order valence-electron chi connectivity index (χ3n) is 3.26. The number of benzene rings is 2. The van der Waals surface area contributed by atoms with Crippen LogP contribution in [0.25, 0.3) is 6.08 Å². The highest BCUT2D eigenvalue weighted by atomic mass is 16.5. The lowest BCUT2D eigenvalue weighted by Crippen LogP contribution is -2.24. The Kier molecular flexibility index (Phi) is 6.58. The van der Waals surface area contributed by atoms with E-state index in [4.69, 9.17) is 9.47 Å². The summed E-state index contributed by atoms with van der Waals surface area (Å²) in [4.78, 5) is 22.4. The van der Waals surface area contributed by atoms with E-state index in [0.717, 1.165) is 17.4 Å². The average Bonchev–Trinajstić information content (AvgIpc) is 2.64. The highest BCUT2D eigenvalue weighted by Crippen LogP contribution is 2.20. The Morgan fingerprint density at radius 3 is 2.67 bits per heavy atom. The van der Waals surface area contributed by atoms with Gasteiger partial charge in [-0.2, -0.15) is 0 Å². The zero-order chi connectivity index (χ0) is 17.2. The molecular formula is C19H19NO4. The SMILES string of the molecule is COc1ccc(C=O)cc1C=CCNC(=O)OCc1ccccc1. The highest BCUT2D eigenvalue weighted by Gasteiger charge is 2.02. The van der Waals surface area contributed by atoms with Gasteiger partial charge in [-0.3, -0.25) is 4.79 Å². The molecule has 1 amide bonds. The van der Waals surface area contributed by atoms with E-state index in [1.54, 1.807) is 37.5 Å². The number of nitrogens with one attached hydrogen (secondary N) is 1. The molecule has 0 radical (unpaired) electrons. The first kappa shape index (κ1) is 17.3. The minimum absolute atomic E-state index is 0.228. The highest BCUT2D eigenvalue weighted by molar-refractivity contribution is 5.77. The van der Waals surface area contributed by atoms with Gasteiger partial charge in [-0.25, -0.2) is 4.79 Å². The van der Waals surface area contributed by atoms with Gasteiger partial charge in [0.1, 0.15) is 18.6 Å². The fraction of sp³-hybridized carbons (Fsp3) is 0.158. The topological polar surface area (TPSA) is 64.6 Å². The summed E-state index contributed by atoms with van der Waals surface area (Å²) in [7, 11) is 1.56. The number of ether oxygens (including phenoxy) is 2. The molecule has 2 aromatic carbocycles. The van der Waals surface area contributed by atoms with Crippen LogP contribution in [-0.2, 0) is 11.3 Å². The van der Waals surface area contributed by atoms with Crippen LogP contribution in [0.15, 0.2) is 54.6 Å². The Bertz CT molecular complexity index is 711. The van der Waals surface area contributed by atoms with E-state index in [1.165, 1.54) is 0 Å². The molecule has 0 saturated heterocycles. The summed E-state index contributed by atoms with van der Waals surface area (Å²) in [5.74, 6) is 0.656. The summed E-state index contributed by atoms with van der Waals surface area (Å²) in [6.45, 7) is 0.535. The van der Waals surface area contributed by atoms with Crippen LogP contribution in [-0.4, -0.2) is 26.0 Å². The minimum Gasteiger partial charge on any atom is -0.496 e. The molecule has 0 aromatic heterocycles. The first-order valence-corrected chi connectivity index (χ1v) is 7.47. The quantitative estimate of drug-likeness (QED) is 0.792. The monoisotopic (exact) mass is 325 g/mol. The van der Waals surface area contributed by atoms with Crippen molar-refractivity contribution in [1.82, 2.24) is 5.32 Å². The van der Waals surface area contributed by atoms with Crippen LogP contribution in [0.5, 0.6) is 5.75 Å². The third-order valence-corrected chi connectivity index (χ3v) is 3.26. The number of rotatable bonds is 7. The molecule has 0 aliphatic rings. The second-order valence-electron chi connectivity index (χ2n) is 4.96. The standard InChI is InChI=1S/C19H19NO4/c1-23-18-10-9-16(13-21)12-17(18)8-5-11-20-19(22)24-14-15-6-3-2-4-7-15/h2-10,12-13H,11,14H2,1H3,(H,20,22). The number of hydrogen-bond acceptors (Lipinski definition) is 4. The van der Waals surface area contributed by atoms with Crippen LogP contribution in [0.1, 0.15) is 21.5 Å². The van der Waals surface area contributed by atoms with Gasteiger partial charge in [-0.15, -0.1) is 0 Å². The Balaban J connectivity index is 1.81. The van der Waals surface area contributed by atoms with Gasteiger partial charge < -0.3 is 14.8 Å². The largest absolute Gasteiger partial charge is 0.496 e. The van der Waals surface area contributed by atoms with E-state index < -0.39 is 6.09 Å². The van der Waals surface area contributed by atoms with E-state index >= 15 is 0 Å². The van der Waals surface area contributed by atoms with Gasteiger partial charge in [0, 0.05) is 17.7 Å². The summed E-state index contributed by atoms with van der Waals surface area (Å²) in [5, 5.41) is 2.63. The van der Waals surface area contributed by atoms with Crippen molar-refractivity contribution in [3.8, 4) is 5.75 Å². The number of carbonyl (C=O) groups is 2. The van der Waals surface area contributed by atoms with E-state index in [-0.39, 0.29) is 6.61 Å². The Labute approximate surface area is 140 Å². The maximum Gasteiger partial charge on any atom is 0.407 e. The molecule has 0 atom stereocenters. The number of hydrogen-bond donors (Lipinski definition) is 1. The smallest absolute Gasteiger partial charge is 0.407 e. The van der Waals surface area contributed by atoms with E-state index in [0.29, 0.717) is 17.9 Å². The van der Waals surface area contributed by atoms with Crippen molar-refractivity contribution < 1.29 is 19.1 Å². The van der Waals surface area contributed by atoms with Gasteiger partial charge >= 0.3 is 6.09 Å². The van der Waals surface area contributed by atoms with E-state index in [2.05, 4.69) is 5.32 Å². The fourth-order valence-corrected chi connectivity index (χ4v) is 2.06. The molecule has 0 aliphatic carbocycles. The van der Waals surface area contributed by atoms with Gasteiger partial charge in [-0.1, -0.05) is 42.5 Å². The minimum atomic E-state index is -0.489. The van der Waals surface area contributed by atoms with Crippen molar-refractivity contribution in [2.75, 3.05) is 13.7 Å². The fourth-order valence-electron chi connectivity index (χ4n) is 2.06. The molecule has 124 valence electrons. The number of methoxy groups -OCH3 is 1. The Morgan fingerprint density at radius 1 is 1.17 bits per heavy atom. The second-order valence-corrected chi connectivity index (χ2v) is 4.96. The molecule has 0 spiro atoms. The van der Waals surface area contributed by atoms with Crippen molar-refractivity contribution in [3.63, 3.8) is 0 Å². The van der Waals surface area contributed by atoms with Crippen molar-refractivity contribution in [2.45, 2.75) is 6.61 Å². The van der Waals surface area contributed by atoms with Gasteiger partial charge in [0.25, 0.3) is 0 Å². The molecule has 2 aromatic rings. The summed E-state index contributed by atoms with van der Waals surface area (Å²) >= 11 is 0. The lowest BCUT2D eigenvalue weighted by molar-refractivity contribution is 0.112. The van der Waals surface area contributed by atoms with Gasteiger partial charge in [0.2, 0.25) is 0 Å². The van der Waals surface area contributed by atoms with Crippen LogP contribution in [0.3, 0.4) is 0 Å². The lowest BCUT2D eigenvalue weighted by atomic mass is 10.1. The molecule has 0 fully saturated rings. The molecule has 0 unspecified atom stereocenters. The lowest BCUT2D eigenvalue weighted by Gasteiger charge is -2.06. The zero-order valence-corrected chi connectivity index (χ0v) is 13.4. The number of carbonyl (C=O) groups excluding carboxylic acids is 2. The van der Waals surface area contributed by atoms with Crippen LogP contribution in [0.2, 0.25) is 0 Å². The van der Waals surface area contributed by atoms with Crippen LogP contribution in [0.4, 0.5) is 4.79 Å². The van der Waals surface area contributed by atoms with Crippen LogP contribution >= 0.6 is 0 Å². The number of alkyl carbamates (subject to hydrolysis) is 1. The normalized spacial score (nSPS) is 10.4. The molecule has 1 N–H and O–H groups in total. The van der Waals surface area contributed by atoms with Crippen molar-refractivity contribution >= 4 is 18.5 Å². The molecule has 5 heteroatoms. The molecular weight excluding hydrogens is 306 g/mol. The zero-order valence-electron chi connectivity index (χ0n) is 13.4. The molecule has 0 heterocycles. The summed E-state index contributed by atoms with van der Waals surface area (Å²) in [6, 6.07) is 14.6. The average molecular weight is 325 g/mol. The Morgan fingerprint density at radius 2 is 1.96 bits per heavy atom. The Hall–Kier alpha value is -3.08. The van der Waals surface area contributed by atoms with E-state index in [9.17, 15) is 9.59 Å². The maximum absolute atomic E-state index is 11.6. The number of aldehydes is 1. The molecule has 5 nitrogen and oxygen atoms in total. The second kappa shape index (κ2) is 9.15. The van der Waals surface area contributed by atoms with Crippen molar-refractivity contribution in [3.05, 3.63) is 71.3 Å². The predicted octanol–water partition coefficient (Wildman–Crippen LogP) is 3.45. The van der Waals surface area contributed by atoms with Gasteiger partial charge in [0.15, 0.2) is 0 Å². The molecule has 0 bridgehead atoms. The molecule has 2 rings (SSSR count). The number of amides is 1. The van der Waals surface area contributed by atoms with Gasteiger partial charge in [-0.05, 0) is 23.8 Å². The van der Waals surface area contributed by atoms with Crippen molar-refractivity contribution in [2.24, 2.45) is 0 Å². The maximum atomic E-state index is 11.6.